The molecule has 2 aliphatic heterocycles. The smallest absolute Gasteiger partial charge is 0.195 e. The summed E-state index contributed by atoms with van der Waals surface area (Å²) in [6, 6.07) is 17.7. The van der Waals surface area contributed by atoms with Crippen LogP contribution in [-0.2, 0) is 17.6 Å². The Morgan fingerprint density at radius 2 is 1.59 bits per heavy atom. The van der Waals surface area contributed by atoms with Crippen LogP contribution in [-0.4, -0.2) is 45.4 Å². The molecular weight excluding hydrogens is 336 g/mol. The first kappa shape index (κ1) is 17.9. The highest BCUT2D eigenvalue weighted by Crippen LogP contribution is 2.18. The minimum atomic E-state index is 0.834. The van der Waals surface area contributed by atoms with Gasteiger partial charge in [-0.15, -0.1) is 0 Å². The third-order valence-corrected chi connectivity index (χ3v) is 5.13. The van der Waals surface area contributed by atoms with Gasteiger partial charge in [-0.2, -0.15) is 0 Å². The summed E-state index contributed by atoms with van der Waals surface area (Å²) in [5.41, 5.74) is 5.19. The van der Waals surface area contributed by atoms with E-state index in [4.69, 9.17) is 4.74 Å². The lowest BCUT2D eigenvalue weighted by atomic mass is 10.0. The second kappa shape index (κ2) is 8.91. The number of nitrogens with one attached hydrogen (secondary N) is 2. The minimum Gasteiger partial charge on any atom is -0.378 e. The van der Waals surface area contributed by atoms with E-state index < -0.39 is 0 Å². The molecular formula is C22H28N4O. The van der Waals surface area contributed by atoms with Crippen LogP contribution in [0.2, 0.25) is 0 Å². The Morgan fingerprint density at radius 1 is 0.926 bits per heavy atom. The highest BCUT2D eigenvalue weighted by Gasteiger charge is 2.10. The van der Waals surface area contributed by atoms with Gasteiger partial charge in [0.2, 0.25) is 0 Å². The SMILES string of the molecule is c1cc(NC2=NCCN2)ccc1CCCc1ccc(N2CCOCC2)cc1. The molecule has 0 unspecified atom stereocenters. The zero-order valence-corrected chi connectivity index (χ0v) is 15.8. The fraction of sp³-hybridized carbons (Fsp3) is 0.409. The zero-order chi connectivity index (χ0) is 18.3. The fourth-order valence-electron chi connectivity index (χ4n) is 3.56. The van der Waals surface area contributed by atoms with Crippen LogP contribution in [0.25, 0.3) is 0 Å². The van der Waals surface area contributed by atoms with Crippen molar-refractivity contribution in [2.24, 2.45) is 4.99 Å². The topological polar surface area (TPSA) is 48.9 Å². The summed E-state index contributed by atoms with van der Waals surface area (Å²) < 4.78 is 5.43. The van der Waals surface area contributed by atoms with Gasteiger partial charge in [-0.05, 0) is 54.7 Å². The van der Waals surface area contributed by atoms with E-state index in [0.29, 0.717) is 0 Å². The molecule has 1 saturated heterocycles. The molecule has 0 saturated carbocycles. The Hall–Kier alpha value is -2.53. The van der Waals surface area contributed by atoms with E-state index >= 15 is 0 Å². The average Bonchev–Trinajstić information content (AvgIpc) is 3.24. The summed E-state index contributed by atoms with van der Waals surface area (Å²) in [6.45, 7) is 5.43. The monoisotopic (exact) mass is 364 g/mol. The van der Waals surface area contributed by atoms with E-state index in [2.05, 4.69) is 69.1 Å². The average molecular weight is 364 g/mol. The molecule has 0 radical (unpaired) electrons. The summed E-state index contributed by atoms with van der Waals surface area (Å²) in [4.78, 5) is 6.76. The van der Waals surface area contributed by atoms with E-state index in [0.717, 1.165) is 70.3 Å². The van der Waals surface area contributed by atoms with Crippen molar-refractivity contribution in [2.75, 3.05) is 49.6 Å². The molecule has 2 N–H and O–H groups in total. The second-order valence-electron chi connectivity index (χ2n) is 7.10. The van der Waals surface area contributed by atoms with Gasteiger partial charge in [-0.1, -0.05) is 24.3 Å². The van der Waals surface area contributed by atoms with Crippen molar-refractivity contribution in [2.45, 2.75) is 19.3 Å². The number of guanidine groups is 1. The molecule has 142 valence electrons. The molecule has 0 aliphatic carbocycles. The quantitative estimate of drug-likeness (QED) is 0.827. The Morgan fingerprint density at radius 3 is 2.22 bits per heavy atom. The van der Waals surface area contributed by atoms with E-state index in [1.54, 1.807) is 0 Å². The molecule has 0 spiro atoms. The Bertz CT molecular complexity index is 749. The molecule has 27 heavy (non-hydrogen) atoms. The second-order valence-corrected chi connectivity index (χ2v) is 7.10. The number of hydrogen-bond acceptors (Lipinski definition) is 5. The molecule has 5 nitrogen and oxygen atoms in total. The molecule has 1 fully saturated rings. The van der Waals surface area contributed by atoms with Crippen molar-refractivity contribution in [1.82, 2.24) is 5.32 Å². The van der Waals surface area contributed by atoms with E-state index in [1.165, 1.54) is 16.8 Å². The van der Waals surface area contributed by atoms with Crippen molar-refractivity contribution in [1.29, 1.82) is 0 Å². The summed E-state index contributed by atoms with van der Waals surface area (Å²) in [5.74, 6) is 0.878. The van der Waals surface area contributed by atoms with E-state index in [1.807, 2.05) is 0 Å². The standard InChI is InChI=1S/C22H28N4O/c1(2-18-4-8-20(9-5-18)25-22-23-12-13-24-22)3-19-6-10-21(11-7-19)26-14-16-27-17-15-26/h4-11H,1-3,12-17H2,(H2,23,24,25). The Labute approximate surface area is 161 Å². The van der Waals surface area contributed by atoms with Gasteiger partial charge < -0.3 is 20.3 Å². The van der Waals surface area contributed by atoms with Gasteiger partial charge in [0, 0.05) is 31.0 Å². The van der Waals surface area contributed by atoms with E-state index in [9.17, 15) is 0 Å². The van der Waals surface area contributed by atoms with Crippen LogP contribution >= 0.6 is 0 Å². The molecule has 0 atom stereocenters. The third kappa shape index (κ3) is 5.01. The van der Waals surface area contributed by atoms with E-state index in [-0.39, 0.29) is 0 Å². The number of aliphatic imine (C=N–C) groups is 1. The molecule has 2 aliphatic rings. The lowest BCUT2D eigenvalue weighted by Gasteiger charge is -2.28. The first-order valence-corrected chi connectivity index (χ1v) is 9.93. The van der Waals surface area contributed by atoms with Gasteiger partial charge in [0.25, 0.3) is 0 Å². The van der Waals surface area contributed by atoms with Gasteiger partial charge in [-0.3, -0.25) is 4.99 Å². The number of rotatable bonds is 6. The molecule has 5 heteroatoms. The first-order valence-electron chi connectivity index (χ1n) is 9.93. The number of anilines is 2. The summed E-state index contributed by atoms with van der Waals surface area (Å²) in [5, 5.41) is 6.54. The lowest BCUT2D eigenvalue weighted by molar-refractivity contribution is 0.122. The van der Waals surface area contributed by atoms with Crippen LogP contribution < -0.4 is 15.5 Å². The summed E-state index contributed by atoms with van der Waals surface area (Å²) >= 11 is 0. The predicted molar refractivity (Wildman–Crippen MR) is 112 cm³/mol. The zero-order valence-electron chi connectivity index (χ0n) is 15.8. The number of ether oxygens (including phenoxy) is 1. The van der Waals surface area contributed by atoms with Crippen molar-refractivity contribution < 1.29 is 4.74 Å². The molecule has 2 aromatic carbocycles. The van der Waals surface area contributed by atoms with Crippen molar-refractivity contribution in [3.8, 4) is 0 Å². The molecule has 0 bridgehead atoms. The van der Waals surface area contributed by atoms with Gasteiger partial charge in [0.05, 0.1) is 19.8 Å². The maximum Gasteiger partial charge on any atom is 0.195 e. The first-order chi connectivity index (χ1) is 13.4. The van der Waals surface area contributed by atoms with Crippen LogP contribution in [0.4, 0.5) is 11.4 Å². The molecule has 0 amide bonds. The van der Waals surface area contributed by atoms with Crippen LogP contribution in [0.5, 0.6) is 0 Å². The number of nitrogens with zero attached hydrogens (tertiary/aromatic N) is 2. The van der Waals surface area contributed by atoms with Crippen LogP contribution in [0.15, 0.2) is 53.5 Å². The molecule has 2 aromatic rings. The van der Waals surface area contributed by atoms with Crippen LogP contribution in [0.1, 0.15) is 17.5 Å². The van der Waals surface area contributed by atoms with Crippen molar-refractivity contribution in [3.63, 3.8) is 0 Å². The maximum atomic E-state index is 5.43. The maximum absolute atomic E-state index is 5.43. The number of morpholine rings is 1. The summed E-state index contributed by atoms with van der Waals surface area (Å²) in [7, 11) is 0. The molecule has 0 aromatic heterocycles. The van der Waals surface area contributed by atoms with Gasteiger partial charge in [0.15, 0.2) is 5.96 Å². The summed E-state index contributed by atoms with van der Waals surface area (Å²) in [6.07, 6.45) is 3.38. The third-order valence-electron chi connectivity index (χ3n) is 5.13. The van der Waals surface area contributed by atoms with Crippen LogP contribution in [0, 0.1) is 0 Å². The largest absolute Gasteiger partial charge is 0.378 e. The highest BCUT2D eigenvalue weighted by atomic mass is 16.5. The molecule has 4 rings (SSSR count). The number of aryl methyl sites for hydroxylation is 2. The van der Waals surface area contributed by atoms with Gasteiger partial charge in [-0.25, -0.2) is 0 Å². The molecule has 2 heterocycles. The highest BCUT2D eigenvalue weighted by molar-refractivity contribution is 5.94. The van der Waals surface area contributed by atoms with Gasteiger partial charge in [0.1, 0.15) is 0 Å². The van der Waals surface area contributed by atoms with Crippen LogP contribution in [0.3, 0.4) is 0 Å². The minimum absolute atomic E-state index is 0.834. The Balaban J connectivity index is 1.23. The number of benzene rings is 2. The van der Waals surface area contributed by atoms with Crippen molar-refractivity contribution >= 4 is 17.3 Å². The normalized spacial score (nSPS) is 16.7. The predicted octanol–water partition coefficient (Wildman–Crippen LogP) is 3.07. The lowest BCUT2D eigenvalue weighted by Crippen LogP contribution is -2.36. The van der Waals surface area contributed by atoms with Crippen molar-refractivity contribution in [3.05, 3.63) is 59.7 Å². The fourth-order valence-corrected chi connectivity index (χ4v) is 3.56. The Kier molecular flexibility index (Phi) is 5.89. The van der Waals surface area contributed by atoms with Gasteiger partial charge >= 0.3 is 0 Å². The number of hydrogen-bond donors (Lipinski definition) is 2.